The molecule has 1 amide bonds. The summed E-state index contributed by atoms with van der Waals surface area (Å²) in [5, 5.41) is 3.42. The first-order valence-electron chi connectivity index (χ1n) is 8.46. The van der Waals surface area contributed by atoms with Crippen molar-refractivity contribution in [2.24, 2.45) is 0 Å². The Morgan fingerprint density at radius 2 is 1.92 bits per heavy atom. The number of nitrogens with zero attached hydrogens (tertiary/aromatic N) is 1. The van der Waals surface area contributed by atoms with E-state index in [9.17, 15) is 9.59 Å². The summed E-state index contributed by atoms with van der Waals surface area (Å²) < 4.78 is 16.6. The molecular weight excluding hydrogens is 324 g/mol. The zero-order valence-corrected chi connectivity index (χ0v) is 13.8. The number of amides is 1. The summed E-state index contributed by atoms with van der Waals surface area (Å²) in [4.78, 5) is 27.0. The van der Waals surface area contributed by atoms with Gasteiger partial charge in [0.05, 0.1) is 43.9 Å². The highest BCUT2D eigenvalue weighted by Gasteiger charge is 2.35. The molecular formula is C18H20N2O5. The quantitative estimate of drug-likeness (QED) is 0.879. The van der Waals surface area contributed by atoms with Crippen LogP contribution in [0.5, 0.6) is 0 Å². The Hall–Kier alpha value is -2.22. The smallest absolute Gasteiger partial charge is 0.287 e. The average Bonchev–Trinajstić information content (AvgIpc) is 3.10. The van der Waals surface area contributed by atoms with Gasteiger partial charge in [0.1, 0.15) is 5.58 Å². The van der Waals surface area contributed by atoms with Gasteiger partial charge in [-0.05, 0) is 12.1 Å². The molecule has 3 heterocycles. The van der Waals surface area contributed by atoms with Gasteiger partial charge in [-0.2, -0.15) is 0 Å². The van der Waals surface area contributed by atoms with Crippen molar-refractivity contribution in [2.75, 3.05) is 39.5 Å². The Bertz CT molecular complexity index is 828. The maximum Gasteiger partial charge on any atom is 0.287 e. The summed E-state index contributed by atoms with van der Waals surface area (Å²) in [5.74, 6) is -0.368. The fourth-order valence-electron chi connectivity index (χ4n) is 3.41. The minimum atomic E-state index is -0.392. The summed E-state index contributed by atoms with van der Waals surface area (Å²) >= 11 is 0. The molecule has 0 saturated carbocycles. The van der Waals surface area contributed by atoms with Crippen molar-refractivity contribution in [1.29, 1.82) is 0 Å². The monoisotopic (exact) mass is 344 g/mol. The highest BCUT2D eigenvalue weighted by molar-refractivity contribution is 5.93. The average molecular weight is 344 g/mol. The number of nitrogens with one attached hydrogen (secondary N) is 1. The lowest BCUT2D eigenvalue weighted by molar-refractivity contribution is 0.0107. The van der Waals surface area contributed by atoms with E-state index in [0.717, 1.165) is 13.1 Å². The van der Waals surface area contributed by atoms with E-state index >= 15 is 0 Å². The Morgan fingerprint density at radius 3 is 2.76 bits per heavy atom. The fourth-order valence-corrected chi connectivity index (χ4v) is 3.41. The SMILES string of the molecule is O=C(N[C@@H]1COC[C@H]1N1CCOCC1)c1cc(=O)c2ccccc2o1. The number of carbonyl (C=O) groups excluding carboxylic acids is 1. The van der Waals surface area contributed by atoms with Crippen LogP contribution < -0.4 is 10.7 Å². The van der Waals surface area contributed by atoms with Crippen LogP contribution in [-0.2, 0) is 9.47 Å². The Kier molecular flexibility index (Phi) is 4.52. The van der Waals surface area contributed by atoms with Gasteiger partial charge in [-0.15, -0.1) is 0 Å². The van der Waals surface area contributed by atoms with Crippen LogP contribution in [0.1, 0.15) is 10.6 Å². The fraction of sp³-hybridized carbons (Fsp3) is 0.444. The van der Waals surface area contributed by atoms with Crippen molar-refractivity contribution in [3.63, 3.8) is 0 Å². The minimum absolute atomic E-state index is 0.0244. The minimum Gasteiger partial charge on any atom is -0.451 e. The molecule has 2 saturated heterocycles. The predicted octanol–water partition coefficient (Wildman–Crippen LogP) is 0.622. The molecule has 0 bridgehead atoms. The first kappa shape index (κ1) is 16.3. The first-order valence-corrected chi connectivity index (χ1v) is 8.46. The van der Waals surface area contributed by atoms with Crippen molar-refractivity contribution in [1.82, 2.24) is 10.2 Å². The summed E-state index contributed by atoms with van der Waals surface area (Å²) in [5.41, 5.74) is 0.187. The van der Waals surface area contributed by atoms with Crippen molar-refractivity contribution >= 4 is 16.9 Å². The Morgan fingerprint density at radius 1 is 1.12 bits per heavy atom. The van der Waals surface area contributed by atoms with E-state index in [4.69, 9.17) is 13.9 Å². The summed E-state index contributed by atoms with van der Waals surface area (Å²) in [6.45, 7) is 4.06. The van der Waals surface area contributed by atoms with Crippen molar-refractivity contribution in [2.45, 2.75) is 12.1 Å². The van der Waals surface area contributed by atoms with Crippen molar-refractivity contribution in [3.8, 4) is 0 Å². The van der Waals surface area contributed by atoms with Gasteiger partial charge in [0.25, 0.3) is 5.91 Å². The van der Waals surface area contributed by atoms with Crippen LogP contribution in [-0.4, -0.2) is 62.4 Å². The second kappa shape index (κ2) is 6.95. The molecule has 0 radical (unpaired) electrons. The van der Waals surface area contributed by atoms with Gasteiger partial charge < -0.3 is 19.2 Å². The molecule has 0 aliphatic carbocycles. The molecule has 132 valence electrons. The molecule has 2 aliphatic rings. The largest absolute Gasteiger partial charge is 0.451 e. The summed E-state index contributed by atoms with van der Waals surface area (Å²) in [6.07, 6.45) is 0. The molecule has 2 atom stereocenters. The lowest BCUT2D eigenvalue weighted by atomic mass is 10.1. The highest BCUT2D eigenvalue weighted by Crippen LogP contribution is 2.17. The van der Waals surface area contributed by atoms with E-state index in [0.29, 0.717) is 37.4 Å². The first-order chi connectivity index (χ1) is 12.2. The van der Waals surface area contributed by atoms with E-state index in [1.54, 1.807) is 24.3 Å². The third-order valence-corrected chi connectivity index (χ3v) is 4.74. The zero-order valence-electron chi connectivity index (χ0n) is 13.8. The van der Waals surface area contributed by atoms with Crippen LogP contribution in [0.4, 0.5) is 0 Å². The van der Waals surface area contributed by atoms with Gasteiger partial charge in [-0.25, -0.2) is 0 Å². The van der Waals surface area contributed by atoms with Crippen molar-refractivity contribution < 1.29 is 18.7 Å². The molecule has 4 rings (SSSR count). The molecule has 7 heteroatoms. The van der Waals surface area contributed by atoms with Crippen molar-refractivity contribution in [3.05, 3.63) is 46.3 Å². The number of hydrogen-bond acceptors (Lipinski definition) is 6. The van der Waals surface area contributed by atoms with Crippen LogP contribution in [0, 0.1) is 0 Å². The molecule has 2 fully saturated rings. The molecule has 1 N–H and O–H groups in total. The van der Waals surface area contributed by atoms with Crippen LogP contribution in [0.3, 0.4) is 0 Å². The number of benzene rings is 1. The number of hydrogen-bond donors (Lipinski definition) is 1. The molecule has 0 spiro atoms. The third kappa shape index (κ3) is 3.30. The number of ether oxygens (including phenoxy) is 2. The normalized spacial score (nSPS) is 24.5. The Balaban J connectivity index is 1.52. The summed E-state index contributed by atoms with van der Waals surface area (Å²) in [7, 11) is 0. The van der Waals surface area contributed by atoms with Gasteiger partial charge in [0, 0.05) is 19.2 Å². The topological polar surface area (TPSA) is 81.0 Å². The van der Waals surface area contributed by atoms with Gasteiger partial charge in [0.15, 0.2) is 11.2 Å². The standard InChI is InChI=1S/C18H20N2O5/c21-15-9-17(25-16-4-2-1-3-12(15)16)18(22)19-13-10-24-11-14(13)20-5-7-23-8-6-20/h1-4,9,13-14H,5-8,10-11H2,(H,19,22)/t13-,14-/m1/s1. The predicted molar refractivity (Wildman–Crippen MR) is 90.7 cm³/mol. The van der Waals surface area contributed by atoms with E-state index in [1.165, 1.54) is 6.07 Å². The molecule has 1 aromatic carbocycles. The molecule has 2 aliphatic heterocycles. The zero-order chi connectivity index (χ0) is 17.2. The number of para-hydroxylation sites is 1. The van der Waals surface area contributed by atoms with Crippen LogP contribution in [0.15, 0.2) is 39.5 Å². The van der Waals surface area contributed by atoms with Gasteiger partial charge in [-0.1, -0.05) is 12.1 Å². The second-order valence-corrected chi connectivity index (χ2v) is 6.30. The molecule has 2 aromatic rings. The molecule has 1 aromatic heterocycles. The van der Waals surface area contributed by atoms with E-state index in [-0.39, 0.29) is 23.3 Å². The maximum atomic E-state index is 12.6. The van der Waals surface area contributed by atoms with E-state index < -0.39 is 5.91 Å². The number of rotatable bonds is 3. The number of carbonyl (C=O) groups is 1. The van der Waals surface area contributed by atoms with Gasteiger partial charge in [0.2, 0.25) is 0 Å². The second-order valence-electron chi connectivity index (χ2n) is 6.30. The lowest BCUT2D eigenvalue weighted by Gasteiger charge is -2.34. The molecule has 0 unspecified atom stereocenters. The molecule has 25 heavy (non-hydrogen) atoms. The van der Waals surface area contributed by atoms with Crippen LogP contribution in [0.2, 0.25) is 0 Å². The lowest BCUT2D eigenvalue weighted by Crippen LogP contribution is -2.54. The number of fused-ring (bicyclic) bond motifs is 1. The van der Waals surface area contributed by atoms with E-state index in [1.807, 2.05) is 0 Å². The van der Waals surface area contributed by atoms with Gasteiger partial charge >= 0.3 is 0 Å². The molecule has 7 nitrogen and oxygen atoms in total. The highest BCUT2D eigenvalue weighted by atomic mass is 16.5. The Labute approximate surface area is 144 Å². The number of morpholine rings is 1. The van der Waals surface area contributed by atoms with Gasteiger partial charge in [-0.3, -0.25) is 14.5 Å². The third-order valence-electron chi connectivity index (χ3n) is 4.74. The maximum absolute atomic E-state index is 12.6. The van der Waals surface area contributed by atoms with Crippen LogP contribution in [0.25, 0.3) is 11.0 Å². The summed E-state index contributed by atoms with van der Waals surface area (Å²) in [6, 6.07) is 8.12. The van der Waals surface area contributed by atoms with Crippen LogP contribution >= 0.6 is 0 Å². The van der Waals surface area contributed by atoms with E-state index in [2.05, 4.69) is 10.2 Å².